The average molecular weight is 322 g/mol. The summed E-state index contributed by atoms with van der Waals surface area (Å²) in [5, 5.41) is 2.94. The summed E-state index contributed by atoms with van der Waals surface area (Å²) in [6.07, 6.45) is 0.959. The van der Waals surface area contributed by atoms with E-state index in [1.807, 2.05) is 19.1 Å². The molecule has 1 amide bonds. The first-order valence-electron chi connectivity index (χ1n) is 8.25. The molecule has 2 aromatic rings. The Morgan fingerprint density at radius 2 is 1.79 bits per heavy atom. The van der Waals surface area contributed by atoms with E-state index < -0.39 is 0 Å². The van der Waals surface area contributed by atoms with E-state index in [1.165, 1.54) is 12.5 Å². The number of ketones is 1. The molecule has 2 atom stereocenters. The molecule has 0 aliphatic carbocycles. The predicted octanol–water partition coefficient (Wildman–Crippen LogP) is 3.67. The van der Waals surface area contributed by atoms with Gasteiger partial charge in [-0.25, -0.2) is 0 Å². The standard InChI is InChI=1S/C20H22N2O2/c1-13-12-17-6-4-5-7-19(17)22(13)14(2)20(24)21-18-10-8-16(9-11-18)15(3)23/h4-11,13-14H,12H2,1-3H3,(H,21,24)/t13-,14+/m0/s1. The minimum absolute atomic E-state index is 0.0174. The molecule has 1 aliphatic heterocycles. The van der Waals surface area contributed by atoms with Gasteiger partial charge in [0.15, 0.2) is 5.78 Å². The van der Waals surface area contributed by atoms with Gasteiger partial charge in [0, 0.05) is 23.0 Å². The van der Waals surface area contributed by atoms with Crippen molar-refractivity contribution in [2.24, 2.45) is 0 Å². The third-order valence-electron chi connectivity index (χ3n) is 4.62. The highest BCUT2D eigenvalue weighted by Crippen LogP contribution is 2.33. The van der Waals surface area contributed by atoms with E-state index >= 15 is 0 Å². The fourth-order valence-electron chi connectivity index (χ4n) is 3.34. The normalized spacial score (nSPS) is 17.3. The van der Waals surface area contributed by atoms with Gasteiger partial charge in [-0.3, -0.25) is 9.59 Å². The van der Waals surface area contributed by atoms with Crippen molar-refractivity contribution in [2.75, 3.05) is 10.2 Å². The summed E-state index contributed by atoms with van der Waals surface area (Å²) in [6, 6.07) is 15.3. The van der Waals surface area contributed by atoms with Crippen molar-refractivity contribution in [1.29, 1.82) is 0 Å². The quantitative estimate of drug-likeness (QED) is 0.874. The molecule has 2 aromatic carbocycles. The number of rotatable bonds is 4. The van der Waals surface area contributed by atoms with Crippen LogP contribution in [-0.4, -0.2) is 23.8 Å². The van der Waals surface area contributed by atoms with Crippen molar-refractivity contribution in [3.63, 3.8) is 0 Å². The van der Waals surface area contributed by atoms with Gasteiger partial charge in [-0.1, -0.05) is 18.2 Å². The Morgan fingerprint density at radius 1 is 1.12 bits per heavy atom. The molecule has 0 bridgehead atoms. The Kier molecular flexibility index (Phi) is 4.38. The number of benzene rings is 2. The number of nitrogens with zero attached hydrogens (tertiary/aromatic N) is 1. The van der Waals surface area contributed by atoms with Crippen LogP contribution in [0.4, 0.5) is 11.4 Å². The van der Waals surface area contributed by atoms with E-state index in [-0.39, 0.29) is 17.7 Å². The fraction of sp³-hybridized carbons (Fsp3) is 0.300. The van der Waals surface area contributed by atoms with Crippen LogP contribution in [0.25, 0.3) is 0 Å². The number of hydrogen-bond donors (Lipinski definition) is 1. The van der Waals surface area contributed by atoms with E-state index in [0.29, 0.717) is 17.3 Å². The van der Waals surface area contributed by atoms with E-state index in [0.717, 1.165) is 12.1 Å². The molecule has 0 fully saturated rings. The second kappa shape index (κ2) is 6.48. The van der Waals surface area contributed by atoms with Gasteiger partial charge in [-0.15, -0.1) is 0 Å². The Balaban J connectivity index is 1.74. The van der Waals surface area contributed by atoms with Crippen LogP contribution in [0.15, 0.2) is 48.5 Å². The lowest BCUT2D eigenvalue weighted by Crippen LogP contribution is -2.45. The monoisotopic (exact) mass is 322 g/mol. The zero-order valence-corrected chi connectivity index (χ0v) is 14.2. The first kappa shape index (κ1) is 16.2. The minimum Gasteiger partial charge on any atom is -0.357 e. The topological polar surface area (TPSA) is 49.4 Å². The fourth-order valence-corrected chi connectivity index (χ4v) is 3.34. The number of Topliss-reactive ketones (excluding diaryl/α,β-unsaturated/α-hetero) is 1. The summed E-state index contributed by atoms with van der Waals surface area (Å²) in [7, 11) is 0. The summed E-state index contributed by atoms with van der Waals surface area (Å²) in [4.78, 5) is 26.1. The third-order valence-corrected chi connectivity index (χ3v) is 4.62. The van der Waals surface area contributed by atoms with Crippen LogP contribution in [0.3, 0.4) is 0 Å². The van der Waals surface area contributed by atoms with Gasteiger partial charge < -0.3 is 10.2 Å². The number of fused-ring (bicyclic) bond motifs is 1. The first-order chi connectivity index (χ1) is 11.5. The van der Waals surface area contributed by atoms with Crippen LogP contribution >= 0.6 is 0 Å². The summed E-state index contributed by atoms with van der Waals surface area (Å²) in [5.74, 6) is -0.0297. The van der Waals surface area contributed by atoms with E-state index in [2.05, 4.69) is 29.3 Å². The maximum absolute atomic E-state index is 12.7. The number of carbonyl (C=O) groups is 2. The number of amides is 1. The molecule has 1 N–H and O–H groups in total. The van der Waals surface area contributed by atoms with Crippen LogP contribution in [0.1, 0.15) is 36.7 Å². The predicted molar refractivity (Wildman–Crippen MR) is 96.6 cm³/mol. The number of anilines is 2. The Labute approximate surface area is 142 Å². The van der Waals surface area contributed by atoms with Gasteiger partial charge in [-0.05, 0) is 63.1 Å². The molecule has 1 aliphatic rings. The molecular formula is C20H22N2O2. The second-order valence-electron chi connectivity index (χ2n) is 6.39. The highest BCUT2D eigenvalue weighted by atomic mass is 16.2. The van der Waals surface area contributed by atoms with Crippen LogP contribution in [0, 0.1) is 0 Å². The first-order valence-corrected chi connectivity index (χ1v) is 8.25. The maximum atomic E-state index is 12.7. The largest absolute Gasteiger partial charge is 0.357 e. The van der Waals surface area contributed by atoms with Crippen molar-refractivity contribution in [1.82, 2.24) is 0 Å². The van der Waals surface area contributed by atoms with Crippen molar-refractivity contribution >= 4 is 23.1 Å². The molecule has 0 spiro atoms. The number of nitrogens with one attached hydrogen (secondary N) is 1. The summed E-state index contributed by atoms with van der Waals surface area (Å²) < 4.78 is 0. The molecular weight excluding hydrogens is 300 g/mol. The van der Waals surface area contributed by atoms with E-state index in [1.54, 1.807) is 24.3 Å². The van der Waals surface area contributed by atoms with Crippen LogP contribution in [0.5, 0.6) is 0 Å². The smallest absolute Gasteiger partial charge is 0.246 e. The molecule has 124 valence electrons. The highest BCUT2D eigenvalue weighted by Gasteiger charge is 2.32. The van der Waals surface area contributed by atoms with Crippen molar-refractivity contribution in [2.45, 2.75) is 39.3 Å². The molecule has 24 heavy (non-hydrogen) atoms. The van der Waals surface area contributed by atoms with Crippen molar-refractivity contribution in [3.05, 3.63) is 59.7 Å². The Bertz CT molecular complexity index is 767. The SMILES string of the molecule is CC(=O)c1ccc(NC(=O)[C@@H](C)N2c3ccccc3C[C@@H]2C)cc1. The maximum Gasteiger partial charge on any atom is 0.246 e. The summed E-state index contributed by atoms with van der Waals surface area (Å²) in [6.45, 7) is 5.60. The van der Waals surface area contributed by atoms with Gasteiger partial charge in [0.2, 0.25) is 5.91 Å². The summed E-state index contributed by atoms with van der Waals surface area (Å²) >= 11 is 0. The molecule has 4 heteroatoms. The molecule has 0 radical (unpaired) electrons. The van der Waals surface area contributed by atoms with Crippen molar-refractivity contribution in [3.8, 4) is 0 Å². The molecule has 0 aromatic heterocycles. The van der Waals surface area contributed by atoms with Crippen LogP contribution < -0.4 is 10.2 Å². The molecule has 3 rings (SSSR count). The number of para-hydroxylation sites is 1. The van der Waals surface area contributed by atoms with Crippen LogP contribution in [-0.2, 0) is 11.2 Å². The highest BCUT2D eigenvalue weighted by molar-refractivity contribution is 5.98. The van der Waals surface area contributed by atoms with Gasteiger partial charge >= 0.3 is 0 Å². The lowest BCUT2D eigenvalue weighted by Gasteiger charge is -2.30. The molecule has 0 saturated heterocycles. The second-order valence-corrected chi connectivity index (χ2v) is 6.39. The van der Waals surface area contributed by atoms with Gasteiger partial charge in [0.1, 0.15) is 6.04 Å². The lowest BCUT2D eigenvalue weighted by atomic mass is 10.1. The van der Waals surface area contributed by atoms with Gasteiger partial charge in [-0.2, -0.15) is 0 Å². The lowest BCUT2D eigenvalue weighted by molar-refractivity contribution is -0.117. The Morgan fingerprint density at radius 3 is 2.46 bits per heavy atom. The third kappa shape index (κ3) is 3.04. The number of carbonyl (C=O) groups excluding carboxylic acids is 2. The van der Waals surface area contributed by atoms with Crippen molar-refractivity contribution < 1.29 is 9.59 Å². The average Bonchev–Trinajstić information content (AvgIpc) is 2.90. The number of hydrogen-bond acceptors (Lipinski definition) is 3. The molecule has 0 saturated carbocycles. The summed E-state index contributed by atoms with van der Waals surface area (Å²) in [5.41, 5.74) is 3.77. The molecule has 1 heterocycles. The van der Waals surface area contributed by atoms with E-state index in [4.69, 9.17) is 0 Å². The van der Waals surface area contributed by atoms with Crippen LogP contribution in [0.2, 0.25) is 0 Å². The Hall–Kier alpha value is -2.62. The zero-order valence-electron chi connectivity index (χ0n) is 14.2. The zero-order chi connectivity index (χ0) is 17.3. The minimum atomic E-state index is -0.267. The van der Waals surface area contributed by atoms with Gasteiger partial charge in [0.05, 0.1) is 0 Å². The molecule has 4 nitrogen and oxygen atoms in total. The molecule has 0 unspecified atom stereocenters. The van der Waals surface area contributed by atoms with E-state index in [9.17, 15) is 9.59 Å². The van der Waals surface area contributed by atoms with Gasteiger partial charge in [0.25, 0.3) is 0 Å².